The highest BCUT2D eigenvalue weighted by Crippen LogP contribution is 2.27. The van der Waals surface area contributed by atoms with Crippen LogP contribution in [-0.4, -0.2) is 38.1 Å². The van der Waals surface area contributed by atoms with Crippen LogP contribution in [0, 0.1) is 0 Å². The van der Waals surface area contributed by atoms with Crippen LogP contribution in [-0.2, 0) is 0 Å². The number of furan rings is 1. The molecule has 5 nitrogen and oxygen atoms in total. The van der Waals surface area contributed by atoms with Gasteiger partial charge in [0.05, 0.1) is 12.3 Å². The van der Waals surface area contributed by atoms with Crippen LogP contribution in [0.1, 0.15) is 35.3 Å². The van der Waals surface area contributed by atoms with Crippen molar-refractivity contribution >= 4 is 6.03 Å². The Morgan fingerprint density at radius 1 is 0.897 bits per heavy atom. The van der Waals surface area contributed by atoms with Gasteiger partial charge in [-0.2, -0.15) is 0 Å². The number of carbonyl (C=O) groups is 1. The first kappa shape index (κ1) is 20.7. The second kappa shape index (κ2) is 10.5. The third kappa shape index (κ3) is 5.96. The Morgan fingerprint density at radius 2 is 1.52 bits per heavy atom. The number of carbonyl (C=O) groups excluding carboxylic acids is 1. The van der Waals surface area contributed by atoms with Crippen molar-refractivity contribution in [2.24, 2.45) is 0 Å². The quantitative estimate of drug-likeness (QED) is 0.568. The fraction of sp³-hybridized carbons (Fsp3) is 0.292. The van der Waals surface area contributed by atoms with Crippen molar-refractivity contribution in [1.82, 2.24) is 15.5 Å². The van der Waals surface area contributed by atoms with Gasteiger partial charge in [-0.15, -0.1) is 0 Å². The summed E-state index contributed by atoms with van der Waals surface area (Å²) < 4.78 is 5.49. The summed E-state index contributed by atoms with van der Waals surface area (Å²) in [5, 5.41) is 5.95. The minimum atomic E-state index is -0.164. The van der Waals surface area contributed by atoms with Crippen molar-refractivity contribution in [2.75, 3.05) is 27.2 Å². The summed E-state index contributed by atoms with van der Waals surface area (Å²) in [6, 6.07) is 24.5. The number of nitrogens with zero attached hydrogens (tertiary/aromatic N) is 1. The standard InChI is InChI=1S/C24H29N3O2/c1-27(2)22(23-14-9-17-29-23)18-26-24(28)25-16-15-21(19-10-5-3-6-11-19)20-12-7-4-8-13-20/h3-14,17,21-22H,15-16,18H2,1-2H3,(H2,25,26,28). The monoisotopic (exact) mass is 391 g/mol. The molecular weight excluding hydrogens is 362 g/mol. The average molecular weight is 392 g/mol. The predicted molar refractivity (Wildman–Crippen MR) is 116 cm³/mol. The van der Waals surface area contributed by atoms with Gasteiger partial charge in [0.1, 0.15) is 5.76 Å². The molecule has 5 heteroatoms. The van der Waals surface area contributed by atoms with Gasteiger partial charge in [-0.25, -0.2) is 4.79 Å². The van der Waals surface area contributed by atoms with Crippen molar-refractivity contribution in [2.45, 2.75) is 18.4 Å². The van der Waals surface area contributed by atoms with E-state index in [0.717, 1.165) is 12.2 Å². The van der Waals surface area contributed by atoms with E-state index in [1.807, 2.05) is 43.3 Å². The third-order valence-electron chi connectivity index (χ3n) is 5.07. The van der Waals surface area contributed by atoms with Gasteiger partial charge < -0.3 is 15.1 Å². The summed E-state index contributed by atoms with van der Waals surface area (Å²) in [4.78, 5) is 14.4. The average Bonchev–Trinajstić information content (AvgIpc) is 3.27. The third-order valence-corrected chi connectivity index (χ3v) is 5.07. The summed E-state index contributed by atoms with van der Waals surface area (Å²) in [6.45, 7) is 1.07. The van der Waals surface area contributed by atoms with Crippen LogP contribution in [0.2, 0.25) is 0 Å². The van der Waals surface area contributed by atoms with E-state index in [-0.39, 0.29) is 18.0 Å². The maximum absolute atomic E-state index is 12.3. The largest absolute Gasteiger partial charge is 0.468 e. The first-order chi connectivity index (χ1) is 14.1. The van der Waals surface area contributed by atoms with Gasteiger partial charge in [-0.1, -0.05) is 60.7 Å². The highest BCUT2D eigenvalue weighted by atomic mass is 16.3. The van der Waals surface area contributed by atoms with E-state index in [9.17, 15) is 4.79 Å². The maximum Gasteiger partial charge on any atom is 0.314 e. The van der Waals surface area contributed by atoms with Crippen LogP contribution >= 0.6 is 0 Å². The van der Waals surface area contributed by atoms with E-state index >= 15 is 0 Å². The van der Waals surface area contributed by atoms with Crippen molar-refractivity contribution in [1.29, 1.82) is 0 Å². The number of rotatable bonds is 9. The van der Waals surface area contributed by atoms with Crippen LogP contribution < -0.4 is 10.6 Å². The van der Waals surface area contributed by atoms with E-state index in [4.69, 9.17) is 4.42 Å². The lowest BCUT2D eigenvalue weighted by atomic mass is 9.88. The molecule has 0 aliphatic heterocycles. The number of amides is 2. The van der Waals surface area contributed by atoms with E-state index < -0.39 is 0 Å². The molecule has 2 amide bonds. The summed E-state index contributed by atoms with van der Waals surface area (Å²) in [5.74, 6) is 1.08. The van der Waals surface area contributed by atoms with E-state index in [0.29, 0.717) is 13.1 Å². The smallest absolute Gasteiger partial charge is 0.314 e. The molecule has 0 aliphatic rings. The van der Waals surface area contributed by atoms with Gasteiger partial charge in [-0.3, -0.25) is 4.90 Å². The number of likely N-dealkylation sites (N-methyl/N-ethyl adjacent to an activating group) is 1. The first-order valence-corrected chi connectivity index (χ1v) is 9.96. The van der Waals surface area contributed by atoms with Crippen molar-refractivity contribution in [3.63, 3.8) is 0 Å². The lowest BCUT2D eigenvalue weighted by molar-refractivity contribution is 0.225. The molecule has 2 aromatic carbocycles. The van der Waals surface area contributed by atoms with E-state index in [1.54, 1.807) is 6.26 Å². The predicted octanol–water partition coefficient (Wildman–Crippen LogP) is 4.40. The van der Waals surface area contributed by atoms with Crippen LogP contribution in [0.4, 0.5) is 4.79 Å². The zero-order chi connectivity index (χ0) is 20.5. The molecule has 1 aromatic heterocycles. The van der Waals surface area contributed by atoms with Gasteiger partial charge in [0, 0.05) is 19.0 Å². The van der Waals surface area contributed by atoms with Crippen LogP contribution in [0.15, 0.2) is 83.5 Å². The molecule has 0 radical (unpaired) electrons. The molecule has 3 rings (SSSR count). The molecule has 1 atom stereocenters. The molecule has 0 saturated heterocycles. The van der Waals surface area contributed by atoms with Gasteiger partial charge in [0.15, 0.2) is 0 Å². The second-order valence-corrected chi connectivity index (χ2v) is 7.29. The van der Waals surface area contributed by atoms with Gasteiger partial charge in [0.2, 0.25) is 0 Å². The van der Waals surface area contributed by atoms with Gasteiger partial charge in [-0.05, 0) is 43.8 Å². The Balaban J connectivity index is 1.53. The fourth-order valence-electron chi connectivity index (χ4n) is 3.50. The van der Waals surface area contributed by atoms with Crippen LogP contribution in [0.25, 0.3) is 0 Å². The molecule has 1 heterocycles. The van der Waals surface area contributed by atoms with E-state index in [2.05, 4.69) is 59.2 Å². The Hall–Kier alpha value is -3.05. The first-order valence-electron chi connectivity index (χ1n) is 9.96. The zero-order valence-electron chi connectivity index (χ0n) is 17.0. The Morgan fingerprint density at radius 3 is 2.03 bits per heavy atom. The minimum Gasteiger partial charge on any atom is -0.468 e. The molecule has 29 heavy (non-hydrogen) atoms. The second-order valence-electron chi connectivity index (χ2n) is 7.29. The Labute approximate surface area is 172 Å². The number of urea groups is 1. The maximum atomic E-state index is 12.3. The minimum absolute atomic E-state index is 0.00265. The summed E-state index contributed by atoms with van der Waals surface area (Å²) in [7, 11) is 3.94. The molecule has 0 fully saturated rings. The molecule has 0 aliphatic carbocycles. The lowest BCUT2D eigenvalue weighted by Gasteiger charge is -2.23. The fourth-order valence-corrected chi connectivity index (χ4v) is 3.50. The van der Waals surface area contributed by atoms with Crippen LogP contribution in [0.3, 0.4) is 0 Å². The SMILES string of the molecule is CN(C)C(CNC(=O)NCCC(c1ccccc1)c1ccccc1)c1ccco1. The van der Waals surface area contributed by atoms with Crippen molar-refractivity contribution < 1.29 is 9.21 Å². The zero-order valence-corrected chi connectivity index (χ0v) is 17.0. The highest BCUT2D eigenvalue weighted by Gasteiger charge is 2.18. The number of hydrogen-bond donors (Lipinski definition) is 2. The van der Waals surface area contributed by atoms with Crippen molar-refractivity contribution in [3.05, 3.63) is 95.9 Å². The molecule has 1 unspecified atom stereocenters. The van der Waals surface area contributed by atoms with E-state index in [1.165, 1.54) is 11.1 Å². The molecule has 0 saturated carbocycles. The molecule has 152 valence electrons. The molecule has 2 N–H and O–H groups in total. The molecular formula is C24H29N3O2. The topological polar surface area (TPSA) is 57.5 Å². The van der Waals surface area contributed by atoms with Gasteiger partial charge >= 0.3 is 6.03 Å². The molecule has 0 bridgehead atoms. The number of nitrogens with one attached hydrogen (secondary N) is 2. The molecule has 0 spiro atoms. The summed E-state index contributed by atoms with van der Waals surface area (Å²) >= 11 is 0. The summed E-state index contributed by atoms with van der Waals surface area (Å²) in [6.07, 6.45) is 2.48. The highest BCUT2D eigenvalue weighted by molar-refractivity contribution is 5.73. The number of benzene rings is 2. The van der Waals surface area contributed by atoms with Crippen LogP contribution in [0.5, 0.6) is 0 Å². The van der Waals surface area contributed by atoms with Gasteiger partial charge in [0.25, 0.3) is 0 Å². The lowest BCUT2D eigenvalue weighted by Crippen LogP contribution is -2.41. The Bertz CT molecular complexity index is 809. The Kier molecular flexibility index (Phi) is 7.47. The normalized spacial score (nSPS) is 12.1. The van der Waals surface area contributed by atoms with Crippen molar-refractivity contribution in [3.8, 4) is 0 Å². The summed E-state index contributed by atoms with van der Waals surface area (Å²) in [5.41, 5.74) is 2.51. The molecule has 3 aromatic rings. The number of hydrogen-bond acceptors (Lipinski definition) is 3.